The highest BCUT2D eigenvalue weighted by atomic mass is 33.1. The number of rotatable bonds is 1. The van der Waals surface area contributed by atoms with Gasteiger partial charge in [-0.05, 0) is 6.92 Å². The van der Waals surface area contributed by atoms with E-state index in [2.05, 4.69) is 5.32 Å². The van der Waals surface area contributed by atoms with Gasteiger partial charge in [-0.2, -0.15) is 0 Å². The minimum absolute atomic E-state index is 0.0220. The number of hydrogen-bond donors (Lipinski definition) is 2. The standard InChI is InChI=1S/C8H14N2O2S2/c1-5(11)7-4-14-13-3-6(9)8(12)2-10-7/h6-7,10H,2-4,9H2,1H3/t6-,7-/m0/s1. The van der Waals surface area contributed by atoms with Gasteiger partial charge in [0.2, 0.25) is 0 Å². The topological polar surface area (TPSA) is 72.2 Å². The minimum atomic E-state index is -0.411. The van der Waals surface area contributed by atoms with Crippen LogP contribution in [0.1, 0.15) is 6.92 Å². The fraction of sp³-hybridized carbons (Fsp3) is 0.750. The Hall–Kier alpha value is -0.0400. The summed E-state index contributed by atoms with van der Waals surface area (Å²) < 4.78 is 0. The smallest absolute Gasteiger partial charge is 0.164 e. The zero-order valence-electron chi connectivity index (χ0n) is 7.99. The molecule has 1 heterocycles. The average molecular weight is 234 g/mol. The molecule has 0 spiro atoms. The van der Waals surface area contributed by atoms with E-state index < -0.39 is 6.04 Å². The highest BCUT2D eigenvalue weighted by Gasteiger charge is 2.21. The number of hydrogen-bond acceptors (Lipinski definition) is 6. The minimum Gasteiger partial charge on any atom is -0.321 e. The largest absolute Gasteiger partial charge is 0.321 e. The molecule has 3 N–H and O–H groups in total. The first-order valence-electron chi connectivity index (χ1n) is 4.38. The Morgan fingerprint density at radius 2 is 2.14 bits per heavy atom. The van der Waals surface area contributed by atoms with Gasteiger partial charge in [0.05, 0.1) is 18.6 Å². The molecule has 4 nitrogen and oxygen atoms in total. The fourth-order valence-corrected chi connectivity index (χ4v) is 3.44. The van der Waals surface area contributed by atoms with Crippen LogP contribution in [0.15, 0.2) is 0 Å². The lowest BCUT2D eigenvalue weighted by Gasteiger charge is -2.12. The molecule has 1 fully saturated rings. The van der Waals surface area contributed by atoms with Gasteiger partial charge in [0, 0.05) is 11.5 Å². The molecule has 1 saturated heterocycles. The summed E-state index contributed by atoms with van der Waals surface area (Å²) in [6.07, 6.45) is 0. The van der Waals surface area contributed by atoms with Crippen LogP contribution in [0.5, 0.6) is 0 Å². The Balaban J connectivity index is 2.54. The van der Waals surface area contributed by atoms with Crippen LogP contribution in [0.4, 0.5) is 0 Å². The normalized spacial score (nSPS) is 30.3. The van der Waals surface area contributed by atoms with Crippen LogP contribution >= 0.6 is 21.6 Å². The maximum Gasteiger partial charge on any atom is 0.164 e. The molecule has 0 aromatic heterocycles. The summed E-state index contributed by atoms with van der Waals surface area (Å²) in [7, 11) is 3.14. The number of Topliss-reactive ketones (excluding diaryl/α,β-unsaturated/α-hetero) is 2. The first-order chi connectivity index (χ1) is 6.61. The zero-order chi connectivity index (χ0) is 10.6. The molecule has 0 aliphatic carbocycles. The molecular weight excluding hydrogens is 220 g/mol. The summed E-state index contributed by atoms with van der Waals surface area (Å²) in [6.45, 7) is 1.73. The number of carbonyl (C=O) groups excluding carboxylic acids is 2. The predicted molar refractivity (Wildman–Crippen MR) is 60.4 cm³/mol. The lowest BCUT2D eigenvalue weighted by molar-refractivity contribution is -0.120. The second-order valence-corrected chi connectivity index (χ2v) is 5.74. The fourth-order valence-electron chi connectivity index (χ4n) is 1.01. The van der Waals surface area contributed by atoms with E-state index in [1.807, 2.05) is 0 Å². The van der Waals surface area contributed by atoms with Crippen molar-refractivity contribution in [2.75, 3.05) is 18.1 Å². The Bertz CT molecular complexity index is 235. The van der Waals surface area contributed by atoms with Crippen molar-refractivity contribution in [2.24, 2.45) is 5.73 Å². The lowest BCUT2D eigenvalue weighted by Crippen LogP contribution is -2.44. The number of nitrogens with two attached hydrogens (primary N) is 1. The van der Waals surface area contributed by atoms with Gasteiger partial charge >= 0.3 is 0 Å². The highest BCUT2D eigenvalue weighted by Crippen LogP contribution is 2.23. The van der Waals surface area contributed by atoms with E-state index in [1.165, 1.54) is 6.92 Å². The van der Waals surface area contributed by atoms with Crippen molar-refractivity contribution in [3.05, 3.63) is 0 Å². The number of carbonyl (C=O) groups is 2. The summed E-state index contributed by atoms with van der Waals surface area (Å²) in [5.74, 6) is 1.36. The molecule has 80 valence electrons. The number of ketones is 2. The molecule has 14 heavy (non-hydrogen) atoms. The third-order valence-electron chi connectivity index (χ3n) is 1.99. The van der Waals surface area contributed by atoms with Crippen molar-refractivity contribution in [2.45, 2.75) is 19.0 Å². The maximum atomic E-state index is 11.4. The van der Waals surface area contributed by atoms with E-state index in [0.29, 0.717) is 11.5 Å². The zero-order valence-corrected chi connectivity index (χ0v) is 9.62. The van der Waals surface area contributed by atoms with Gasteiger partial charge in [0.25, 0.3) is 0 Å². The molecule has 0 aromatic carbocycles. The SMILES string of the molecule is CC(=O)[C@@H]1CSSC[C@H](N)C(=O)CN1. The van der Waals surface area contributed by atoms with Gasteiger partial charge in [-0.25, -0.2) is 0 Å². The van der Waals surface area contributed by atoms with Crippen LogP contribution in [-0.2, 0) is 9.59 Å². The Kier molecular flexibility index (Phi) is 4.94. The summed E-state index contributed by atoms with van der Waals surface area (Å²) in [4.78, 5) is 22.5. The van der Waals surface area contributed by atoms with Crippen LogP contribution in [0.3, 0.4) is 0 Å². The molecule has 2 atom stereocenters. The van der Waals surface area contributed by atoms with Crippen LogP contribution in [0.2, 0.25) is 0 Å². The summed E-state index contributed by atoms with van der Waals surface area (Å²) in [5, 5.41) is 2.93. The van der Waals surface area contributed by atoms with Crippen LogP contribution in [0.25, 0.3) is 0 Å². The molecule has 1 aliphatic rings. The second kappa shape index (κ2) is 5.75. The van der Waals surface area contributed by atoms with Crippen molar-refractivity contribution >= 4 is 33.2 Å². The molecule has 6 heteroatoms. The number of nitrogens with one attached hydrogen (secondary N) is 1. The molecule has 0 radical (unpaired) electrons. The Morgan fingerprint density at radius 1 is 1.50 bits per heavy atom. The maximum absolute atomic E-state index is 11.4. The van der Waals surface area contributed by atoms with Gasteiger partial charge in [-0.3, -0.25) is 14.9 Å². The first-order valence-corrected chi connectivity index (χ1v) is 6.86. The van der Waals surface area contributed by atoms with Gasteiger partial charge < -0.3 is 5.73 Å². The van der Waals surface area contributed by atoms with E-state index in [4.69, 9.17) is 5.73 Å². The Morgan fingerprint density at radius 3 is 2.79 bits per heavy atom. The third kappa shape index (κ3) is 3.61. The summed E-state index contributed by atoms with van der Waals surface area (Å²) >= 11 is 0. The van der Waals surface area contributed by atoms with Gasteiger partial charge in [0.1, 0.15) is 5.78 Å². The van der Waals surface area contributed by atoms with E-state index in [-0.39, 0.29) is 24.2 Å². The van der Waals surface area contributed by atoms with Crippen molar-refractivity contribution in [3.63, 3.8) is 0 Å². The first kappa shape index (κ1) is 12.0. The summed E-state index contributed by atoms with van der Waals surface area (Å²) in [5.41, 5.74) is 5.63. The van der Waals surface area contributed by atoms with Crippen LogP contribution < -0.4 is 11.1 Å². The quantitative estimate of drug-likeness (QED) is 0.614. The van der Waals surface area contributed by atoms with Crippen molar-refractivity contribution in [1.82, 2.24) is 5.32 Å². The van der Waals surface area contributed by atoms with E-state index >= 15 is 0 Å². The molecule has 0 aromatic rings. The molecule has 1 aliphatic heterocycles. The monoisotopic (exact) mass is 234 g/mol. The Labute approximate surface area is 91.1 Å². The highest BCUT2D eigenvalue weighted by molar-refractivity contribution is 8.76. The molecule has 0 saturated carbocycles. The average Bonchev–Trinajstić information content (AvgIpc) is 2.20. The third-order valence-corrected chi connectivity index (χ3v) is 4.44. The van der Waals surface area contributed by atoms with Gasteiger partial charge in [0.15, 0.2) is 5.78 Å². The van der Waals surface area contributed by atoms with Gasteiger partial charge in [-0.15, -0.1) is 0 Å². The molecule has 0 amide bonds. The lowest BCUT2D eigenvalue weighted by atomic mass is 10.2. The van der Waals surface area contributed by atoms with Gasteiger partial charge in [-0.1, -0.05) is 21.6 Å². The van der Waals surface area contributed by atoms with Crippen molar-refractivity contribution in [3.8, 4) is 0 Å². The molecular formula is C8H14N2O2S2. The van der Waals surface area contributed by atoms with E-state index in [1.54, 1.807) is 21.6 Å². The second-order valence-electron chi connectivity index (χ2n) is 3.19. The van der Waals surface area contributed by atoms with Crippen molar-refractivity contribution in [1.29, 1.82) is 0 Å². The van der Waals surface area contributed by atoms with Crippen molar-refractivity contribution < 1.29 is 9.59 Å². The van der Waals surface area contributed by atoms with Crippen LogP contribution in [0, 0.1) is 0 Å². The van der Waals surface area contributed by atoms with Crippen LogP contribution in [-0.4, -0.2) is 41.7 Å². The molecule has 0 unspecified atom stereocenters. The molecule has 1 rings (SSSR count). The summed E-state index contributed by atoms with van der Waals surface area (Å²) in [6, 6.07) is -0.632. The van der Waals surface area contributed by atoms with E-state index in [0.717, 1.165) is 0 Å². The predicted octanol–water partition coefficient (Wildman–Crippen LogP) is -0.175. The van der Waals surface area contributed by atoms with E-state index in [9.17, 15) is 9.59 Å². The molecule has 0 bridgehead atoms.